The Hall–Kier alpha value is -3.21. The van der Waals surface area contributed by atoms with Gasteiger partial charge in [-0.15, -0.1) is 0 Å². The summed E-state index contributed by atoms with van der Waals surface area (Å²) < 4.78 is 0. The predicted molar refractivity (Wildman–Crippen MR) is 113 cm³/mol. The molecule has 1 aliphatic heterocycles. The van der Waals surface area contributed by atoms with Crippen LogP contribution >= 0.6 is 0 Å². The van der Waals surface area contributed by atoms with Crippen LogP contribution in [0.3, 0.4) is 0 Å². The van der Waals surface area contributed by atoms with Gasteiger partial charge < -0.3 is 10.2 Å². The maximum Gasteiger partial charge on any atom is 0.277 e. The Balaban J connectivity index is 1.75. The molecule has 3 aromatic rings. The molecule has 1 aromatic heterocycles. The molecular formula is C23H24N4O. The Morgan fingerprint density at radius 2 is 1.79 bits per heavy atom. The van der Waals surface area contributed by atoms with Gasteiger partial charge in [-0.1, -0.05) is 48.5 Å². The van der Waals surface area contributed by atoms with Gasteiger partial charge in [0.2, 0.25) is 0 Å². The molecule has 0 spiro atoms. The molecule has 0 fully saturated rings. The van der Waals surface area contributed by atoms with Crippen LogP contribution < -0.4 is 10.2 Å². The Kier molecular flexibility index (Phi) is 5.06. The summed E-state index contributed by atoms with van der Waals surface area (Å²) in [4.78, 5) is 24.5. The summed E-state index contributed by atoms with van der Waals surface area (Å²) in [6.45, 7) is 4.80. The molecule has 0 unspecified atom stereocenters. The quantitative estimate of drug-likeness (QED) is 0.729. The Bertz CT molecular complexity index is 985. The van der Waals surface area contributed by atoms with Crippen molar-refractivity contribution < 1.29 is 4.79 Å². The molecule has 1 aliphatic rings. The first kappa shape index (κ1) is 18.2. The minimum absolute atomic E-state index is 0.0847. The molecule has 0 aliphatic carbocycles. The lowest BCUT2D eigenvalue weighted by Crippen LogP contribution is -2.36. The van der Waals surface area contributed by atoms with Crippen molar-refractivity contribution >= 4 is 17.4 Å². The summed E-state index contributed by atoms with van der Waals surface area (Å²) in [5.41, 5.74) is 3.49. The first-order chi connectivity index (χ1) is 13.6. The second-order valence-electron chi connectivity index (χ2n) is 7.32. The van der Waals surface area contributed by atoms with E-state index in [0.717, 1.165) is 24.1 Å². The van der Waals surface area contributed by atoms with E-state index in [9.17, 15) is 4.79 Å². The van der Waals surface area contributed by atoms with Crippen molar-refractivity contribution in [3.63, 3.8) is 0 Å². The number of benzene rings is 2. The first-order valence-corrected chi connectivity index (χ1v) is 9.72. The summed E-state index contributed by atoms with van der Waals surface area (Å²) in [7, 11) is 0. The van der Waals surface area contributed by atoms with Crippen molar-refractivity contribution in [3.05, 3.63) is 71.9 Å². The van der Waals surface area contributed by atoms with Gasteiger partial charge in [0, 0.05) is 29.9 Å². The number of fused-ring (bicyclic) bond motifs is 1. The van der Waals surface area contributed by atoms with E-state index < -0.39 is 0 Å². The van der Waals surface area contributed by atoms with Gasteiger partial charge in [-0.3, -0.25) is 4.79 Å². The summed E-state index contributed by atoms with van der Waals surface area (Å²) in [6, 6.07) is 19.8. The number of hydrogen-bond donors (Lipinski definition) is 1. The summed E-state index contributed by atoms with van der Waals surface area (Å²) in [6.07, 6.45) is 1.95. The number of hydrogen-bond acceptors (Lipinski definition) is 4. The number of nitrogens with one attached hydrogen (secondary N) is 1. The van der Waals surface area contributed by atoms with Crippen LogP contribution in [-0.4, -0.2) is 28.5 Å². The smallest absolute Gasteiger partial charge is 0.277 e. The van der Waals surface area contributed by atoms with Crippen molar-refractivity contribution in [1.29, 1.82) is 0 Å². The van der Waals surface area contributed by atoms with E-state index in [1.54, 1.807) is 6.07 Å². The van der Waals surface area contributed by atoms with Crippen LogP contribution in [0.2, 0.25) is 0 Å². The molecule has 4 rings (SSSR count). The number of aryl methyl sites for hydroxylation is 1. The standard InChI is InChI=1S/C23H24N4O/c1-16(2)24-21-15-19(25-22(26-21)18-10-4-3-5-11-18)23(28)27-14-8-12-17-9-6-7-13-20(17)27/h3-7,9-11,13,15-16H,8,12,14H2,1-2H3,(H,24,25,26). The monoisotopic (exact) mass is 372 g/mol. The van der Waals surface area contributed by atoms with Gasteiger partial charge in [0.25, 0.3) is 5.91 Å². The summed E-state index contributed by atoms with van der Waals surface area (Å²) in [5.74, 6) is 1.14. The molecule has 0 saturated heterocycles. The van der Waals surface area contributed by atoms with Gasteiger partial charge in [-0.25, -0.2) is 9.97 Å². The van der Waals surface area contributed by atoms with Crippen molar-refractivity contribution in [3.8, 4) is 11.4 Å². The second kappa shape index (κ2) is 7.80. The third kappa shape index (κ3) is 3.74. The third-order valence-corrected chi connectivity index (χ3v) is 4.77. The SMILES string of the molecule is CC(C)Nc1cc(C(=O)N2CCCc3ccccc32)nc(-c2ccccc2)n1. The van der Waals surface area contributed by atoms with E-state index in [-0.39, 0.29) is 11.9 Å². The zero-order valence-electron chi connectivity index (χ0n) is 16.2. The lowest BCUT2D eigenvalue weighted by molar-refractivity contribution is 0.0980. The number of nitrogens with zero attached hydrogens (tertiary/aromatic N) is 3. The van der Waals surface area contributed by atoms with Gasteiger partial charge >= 0.3 is 0 Å². The van der Waals surface area contributed by atoms with Crippen LogP contribution in [0.1, 0.15) is 36.3 Å². The lowest BCUT2D eigenvalue weighted by Gasteiger charge is -2.29. The maximum atomic E-state index is 13.4. The number of carbonyl (C=O) groups excluding carboxylic acids is 1. The zero-order chi connectivity index (χ0) is 19.5. The molecule has 1 N–H and O–H groups in total. The van der Waals surface area contributed by atoms with Crippen molar-refractivity contribution in [2.45, 2.75) is 32.7 Å². The maximum absolute atomic E-state index is 13.4. The first-order valence-electron chi connectivity index (χ1n) is 9.72. The fourth-order valence-corrected chi connectivity index (χ4v) is 3.53. The number of amides is 1. The van der Waals surface area contributed by atoms with E-state index in [1.807, 2.05) is 67.3 Å². The fourth-order valence-electron chi connectivity index (χ4n) is 3.53. The summed E-state index contributed by atoms with van der Waals surface area (Å²) >= 11 is 0. The molecular weight excluding hydrogens is 348 g/mol. The highest BCUT2D eigenvalue weighted by Crippen LogP contribution is 2.28. The highest BCUT2D eigenvalue weighted by atomic mass is 16.2. The van der Waals surface area contributed by atoms with E-state index in [4.69, 9.17) is 0 Å². The topological polar surface area (TPSA) is 58.1 Å². The molecule has 5 nitrogen and oxygen atoms in total. The molecule has 0 atom stereocenters. The van der Waals surface area contributed by atoms with Crippen LogP contribution in [-0.2, 0) is 6.42 Å². The van der Waals surface area contributed by atoms with Gasteiger partial charge in [0.15, 0.2) is 5.82 Å². The molecule has 0 bridgehead atoms. The molecule has 1 amide bonds. The normalized spacial score (nSPS) is 13.3. The molecule has 5 heteroatoms. The molecule has 0 radical (unpaired) electrons. The van der Waals surface area contributed by atoms with Crippen LogP contribution in [0, 0.1) is 0 Å². The van der Waals surface area contributed by atoms with Crippen molar-refractivity contribution in [2.24, 2.45) is 0 Å². The van der Waals surface area contributed by atoms with Gasteiger partial charge in [0.05, 0.1) is 0 Å². The Morgan fingerprint density at radius 3 is 2.57 bits per heavy atom. The van der Waals surface area contributed by atoms with E-state index in [1.165, 1.54) is 5.56 Å². The minimum atomic E-state index is -0.0847. The molecule has 2 aromatic carbocycles. The number of anilines is 2. The molecule has 0 saturated carbocycles. The van der Waals surface area contributed by atoms with E-state index in [2.05, 4.69) is 21.4 Å². The highest BCUT2D eigenvalue weighted by molar-refractivity contribution is 6.06. The molecule has 2 heterocycles. The highest BCUT2D eigenvalue weighted by Gasteiger charge is 2.25. The Morgan fingerprint density at radius 1 is 1.04 bits per heavy atom. The average molecular weight is 372 g/mol. The van der Waals surface area contributed by atoms with Crippen molar-refractivity contribution in [1.82, 2.24) is 9.97 Å². The zero-order valence-corrected chi connectivity index (χ0v) is 16.2. The van der Waals surface area contributed by atoms with E-state index >= 15 is 0 Å². The van der Waals surface area contributed by atoms with Crippen LogP contribution in [0.15, 0.2) is 60.7 Å². The Labute approximate surface area is 165 Å². The summed E-state index contributed by atoms with van der Waals surface area (Å²) in [5, 5.41) is 3.31. The van der Waals surface area contributed by atoms with Crippen LogP contribution in [0.5, 0.6) is 0 Å². The number of rotatable bonds is 4. The van der Waals surface area contributed by atoms with Gasteiger partial charge in [0.1, 0.15) is 11.5 Å². The number of aromatic nitrogens is 2. The van der Waals surface area contributed by atoms with Gasteiger partial charge in [-0.05, 0) is 38.3 Å². The van der Waals surface area contributed by atoms with Gasteiger partial charge in [-0.2, -0.15) is 0 Å². The largest absolute Gasteiger partial charge is 0.368 e. The lowest BCUT2D eigenvalue weighted by atomic mass is 10.0. The average Bonchev–Trinajstić information content (AvgIpc) is 2.73. The van der Waals surface area contributed by atoms with E-state index in [0.29, 0.717) is 23.9 Å². The minimum Gasteiger partial charge on any atom is -0.368 e. The molecule has 28 heavy (non-hydrogen) atoms. The predicted octanol–water partition coefficient (Wildman–Crippen LogP) is 4.56. The van der Waals surface area contributed by atoms with Crippen molar-refractivity contribution in [2.75, 3.05) is 16.8 Å². The van der Waals surface area contributed by atoms with Crippen LogP contribution in [0.25, 0.3) is 11.4 Å². The molecule has 142 valence electrons. The number of carbonyl (C=O) groups is 1. The second-order valence-corrected chi connectivity index (χ2v) is 7.32. The third-order valence-electron chi connectivity index (χ3n) is 4.77. The number of para-hydroxylation sites is 1. The van der Waals surface area contributed by atoms with Crippen LogP contribution in [0.4, 0.5) is 11.5 Å². The fraction of sp³-hybridized carbons (Fsp3) is 0.261.